The highest BCUT2D eigenvalue weighted by Gasteiger charge is 2.10. The molecule has 0 bridgehead atoms. The van der Waals surface area contributed by atoms with Crippen LogP contribution in [0, 0.1) is 0 Å². The number of benzene rings is 1. The zero-order valence-corrected chi connectivity index (χ0v) is 11.5. The van der Waals surface area contributed by atoms with Gasteiger partial charge in [-0.15, -0.1) is 0 Å². The first kappa shape index (κ1) is 13.0. The Bertz CT molecular complexity index is 521. The standard InChI is InChI=1S/C15H17ClN2/c1-3-5-13-14(17-10-18-15(13)16)12-8-6-11(4-2)7-9-12/h6-10H,3-5H2,1-2H3. The van der Waals surface area contributed by atoms with E-state index in [2.05, 4.69) is 48.1 Å². The number of hydrogen-bond donors (Lipinski definition) is 0. The lowest BCUT2D eigenvalue weighted by Crippen LogP contribution is -1.97. The second-order valence-corrected chi connectivity index (χ2v) is 4.65. The summed E-state index contributed by atoms with van der Waals surface area (Å²) in [7, 11) is 0. The van der Waals surface area contributed by atoms with Crippen molar-refractivity contribution >= 4 is 11.6 Å². The van der Waals surface area contributed by atoms with Gasteiger partial charge in [-0.2, -0.15) is 0 Å². The predicted molar refractivity (Wildman–Crippen MR) is 75.9 cm³/mol. The van der Waals surface area contributed by atoms with Gasteiger partial charge in [-0.25, -0.2) is 9.97 Å². The second kappa shape index (κ2) is 5.96. The number of nitrogens with zero attached hydrogens (tertiary/aromatic N) is 2. The van der Waals surface area contributed by atoms with Gasteiger partial charge in [0.1, 0.15) is 11.5 Å². The maximum absolute atomic E-state index is 6.17. The van der Waals surface area contributed by atoms with Gasteiger partial charge >= 0.3 is 0 Å². The van der Waals surface area contributed by atoms with Crippen LogP contribution in [0.2, 0.25) is 5.15 Å². The van der Waals surface area contributed by atoms with E-state index in [0.717, 1.165) is 36.1 Å². The summed E-state index contributed by atoms with van der Waals surface area (Å²) >= 11 is 6.17. The molecule has 2 rings (SSSR count). The van der Waals surface area contributed by atoms with Crippen molar-refractivity contribution in [2.75, 3.05) is 0 Å². The Morgan fingerprint density at radius 1 is 1.06 bits per heavy atom. The Kier molecular flexibility index (Phi) is 4.32. The summed E-state index contributed by atoms with van der Waals surface area (Å²) in [6.07, 6.45) is 4.52. The van der Waals surface area contributed by atoms with Crippen LogP contribution in [-0.4, -0.2) is 9.97 Å². The lowest BCUT2D eigenvalue weighted by Gasteiger charge is -2.09. The van der Waals surface area contributed by atoms with Crippen molar-refractivity contribution in [1.29, 1.82) is 0 Å². The molecule has 18 heavy (non-hydrogen) atoms. The lowest BCUT2D eigenvalue weighted by atomic mass is 10.0. The zero-order chi connectivity index (χ0) is 13.0. The minimum absolute atomic E-state index is 0.571. The largest absolute Gasteiger partial charge is 0.236 e. The fourth-order valence-electron chi connectivity index (χ4n) is 2.01. The molecule has 2 aromatic rings. The number of hydrogen-bond acceptors (Lipinski definition) is 2. The second-order valence-electron chi connectivity index (χ2n) is 4.29. The molecule has 3 heteroatoms. The van der Waals surface area contributed by atoms with E-state index in [1.54, 1.807) is 0 Å². The van der Waals surface area contributed by atoms with Gasteiger partial charge in [0.15, 0.2) is 0 Å². The molecular weight excluding hydrogens is 244 g/mol. The summed E-state index contributed by atoms with van der Waals surface area (Å²) in [6, 6.07) is 8.50. The molecule has 0 radical (unpaired) electrons. The van der Waals surface area contributed by atoms with Crippen molar-refractivity contribution in [1.82, 2.24) is 9.97 Å². The summed E-state index contributed by atoms with van der Waals surface area (Å²) in [5, 5.41) is 0.571. The van der Waals surface area contributed by atoms with Crippen molar-refractivity contribution in [3.63, 3.8) is 0 Å². The molecule has 1 aromatic heterocycles. The normalized spacial score (nSPS) is 10.6. The van der Waals surface area contributed by atoms with Gasteiger partial charge in [-0.3, -0.25) is 0 Å². The summed E-state index contributed by atoms with van der Waals surface area (Å²) in [6.45, 7) is 4.28. The van der Waals surface area contributed by atoms with E-state index in [1.807, 2.05) is 0 Å². The van der Waals surface area contributed by atoms with Crippen LogP contribution in [0.25, 0.3) is 11.3 Å². The maximum atomic E-state index is 6.17. The number of halogens is 1. The smallest absolute Gasteiger partial charge is 0.136 e. The Morgan fingerprint density at radius 3 is 2.39 bits per heavy atom. The molecule has 1 aromatic carbocycles. The van der Waals surface area contributed by atoms with Gasteiger partial charge in [-0.05, 0) is 18.4 Å². The summed E-state index contributed by atoms with van der Waals surface area (Å²) in [5.74, 6) is 0. The molecular formula is C15H17ClN2. The first-order chi connectivity index (χ1) is 8.76. The molecule has 0 saturated carbocycles. The lowest BCUT2D eigenvalue weighted by molar-refractivity contribution is 0.904. The van der Waals surface area contributed by atoms with Crippen LogP contribution in [0.1, 0.15) is 31.4 Å². The van der Waals surface area contributed by atoms with Crippen LogP contribution in [0.4, 0.5) is 0 Å². The molecule has 0 unspecified atom stereocenters. The Morgan fingerprint density at radius 2 is 1.78 bits per heavy atom. The maximum Gasteiger partial charge on any atom is 0.136 e. The molecule has 1 heterocycles. The first-order valence-corrected chi connectivity index (χ1v) is 6.72. The minimum atomic E-state index is 0.571. The van der Waals surface area contributed by atoms with E-state index in [4.69, 9.17) is 11.6 Å². The highest BCUT2D eigenvalue weighted by atomic mass is 35.5. The van der Waals surface area contributed by atoms with Crippen LogP contribution >= 0.6 is 11.6 Å². The third-order valence-electron chi connectivity index (χ3n) is 3.03. The molecule has 0 aliphatic rings. The quantitative estimate of drug-likeness (QED) is 0.766. The average Bonchev–Trinajstić information content (AvgIpc) is 2.41. The van der Waals surface area contributed by atoms with E-state index in [0.29, 0.717) is 5.15 Å². The highest BCUT2D eigenvalue weighted by molar-refractivity contribution is 6.30. The Labute approximate surface area is 113 Å². The molecule has 94 valence electrons. The van der Waals surface area contributed by atoms with Gasteiger partial charge in [0, 0.05) is 11.1 Å². The van der Waals surface area contributed by atoms with Crippen molar-refractivity contribution in [3.05, 3.63) is 46.9 Å². The van der Waals surface area contributed by atoms with Gasteiger partial charge in [-0.1, -0.05) is 56.1 Å². The molecule has 0 saturated heterocycles. The Hall–Kier alpha value is -1.41. The highest BCUT2D eigenvalue weighted by Crippen LogP contribution is 2.26. The first-order valence-electron chi connectivity index (χ1n) is 6.35. The van der Waals surface area contributed by atoms with E-state index < -0.39 is 0 Å². The summed E-state index contributed by atoms with van der Waals surface area (Å²) in [5.41, 5.74) is 4.45. The third-order valence-corrected chi connectivity index (χ3v) is 3.35. The number of rotatable bonds is 4. The fourth-order valence-corrected chi connectivity index (χ4v) is 2.24. The minimum Gasteiger partial charge on any atom is -0.236 e. The van der Waals surface area contributed by atoms with Crippen molar-refractivity contribution in [2.24, 2.45) is 0 Å². The van der Waals surface area contributed by atoms with Crippen LogP contribution in [-0.2, 0) is 12.8 Å². The van der Waals surface area contributed by atoms with E-state index in [1.165, 1.54) is 11.9 Å². The van der Waals surface area contributed by atoms with E-state index in [9.17, 15) is 0 Å². The molecule has 0 aliphatic heterocycles. The molecule has 2 nitrogen and oxygen atoms in total. The van der Waals surface area contributed by atoms with Crippen LogP contribution in [0.15, 0.2) is 30.6 Å². The summed E-state index contributed by atoms with van der Waals surface area (Å²) in [4.78, 5) is 8.46. The number of aryl methyl sites for hydroxylation is 1. The third kappa shape index (κ3) is 2.70. The fraction of sp³-hybridized carbons (Fsp3) is 0.333. The van der Waals surface area contributed by atoms with Gasteiger partial charge < -0.3 is 0 Å². The average molecular weight is 261 g/mol. The Balaban J connectivity index is 2.45. The van der Waals surface area contributed by atoms with Gasteiger partial charge in [0.05, 0.1) is 5.69 Å². The summed E-state index contributed by atoms with van der Waals surface area (Å²) < 4.78 is 0. The molecule has 0 amide bonds. The molecule has 0 fully saturated rings. The molecule has 0 aliphatic carbocycles. The SMILES string of the molecule is CCCc1c(Cl)ncnc1-c1ccc(CC)cc1. The van der Waals surface area contributed by atoms with Crippen molar-refractivity contribution in [2.45, 2.75) is 33.1 Å². The predicted octanol–water partition coefficient (Wildman–Crippen LogP) is 4.31. The monoisotopic (exact) mass is 260 g/mol. The van der Waals surface area contributed by atoms with E-state index in [-0.39, 0.29) is 0 Å². The molecule has 0 spiro atoms. The topological polar surface area (TPSA) is 25.8 Å². The van der Waals surface area contributed by atoms with E-state index >= 15 is 0 Å². The van der Waals surface area contributed by atoms with Crippen LogP contribution in [0.5, 0.6) is 0 Å². The van der Waals surface area contributed by atoms with Crippen LogP contribution < -0.4 is 0 Å². The van der Waals surface area contributed by atoms with Crippen LogP contribution in [0.3, 0.4) is 0 Å². The number of aromatic nitrogens is 2. The zero-order valence-electron chi connectivity index (χ0n) is 10.8. The van der Waals surface area contributed by atoms with Gasteiger partial charge in [0.2, 0.25) is 0 Å². The molecule has 0 atom stereocenters. The van der Waals surface area contributed by atoms with Crippen molar-refractivity contribution in [3.8, 4) is 11.3 Å². The van der Waals surface area contributed by atoms with Gasteiger partial charge in [0.25, 0.3) is 0 Å². The van der Waals surface area contributed by atoms with Crippen molar-refractivity contribution < 1.29 is 0 Å². The molecule has 0 N–H and O–H groups in total.